The summed E-state index contributed by atoms with van der Waals surface area (Å²) in [5.41, 5.74) is 2.78. The molecule has 168 valence electrons. The first-order valence-electron chi connectivity index (χ1n) is 11.1. The molecule has 1 aromatic heterocycles. The molecule has 0 unspecified atom stereocenters. The van der Waals surface area contributed by atoms with E-state index in [0.717, 1.165) is 29.9 Å². The summed E-state index contributed by atoms with van der Waals surface area (Å²) in [6.45, 7) is 5.00. The summed E-state index contributed by atoms with van der Waals surface area (Å²) in [7, 11) is 1.89. The third-order valence-corrected chi connectivity index (χ3v) is 6.80. The van der Waals surface area contributed by atoms with Crippen LogP contribution in [0.5, 0.6) is 0 Å². The molecule has 1 aromatic carbocycles. The molecule has 1 saturated carbocycles. The van der Waals surface area contributed by atoms with E-state index in [9.17, 15) is 14.0 Å². The van der Waals surface area contributed by atoms with Gasteiger partial charge in [-0.2, -0.15) is 4.98 Å². The Morgan fingerprint density at radius 3 is 2.78 bits per heavy atom. The van der Waals surface area contributed by atoms with Gasteiger partial charge in [-0.1, -0.05) is 6.92 Å². The lowest BCUT2D eigenvalue weighted by atomic mass is 9.80. The Bertz CT molecular complexity index is 1100. The van der Waals surface area contributed by atoms with Crippen LogP contribution in [0.3, 0.4) is 0 Å². The number of benzene rings is 1. The van der Waals surface area contributed by atoms with E-state index in [1.807, 2.05) is 30.7 Å². The van der Waals surface area contributed by atoms with Crippen molar-refractivity contribution >= 4 is 29.3 Å². The van der Waals surface area contributed by atoms with Gasteiger partial charge in [0.25, 0.3) is 5.91 Å². The van der Waals surface area contributed by atoms with Crippen molar-refractivity contribution in [2.75, 3.05) is 29.1 Å². The number of rotatable bonds is 5. The molecule has 1 aliphatic carbocycles. The molecule has 1 atom stereocenters. The number of aryl methyl sites for hydroxylation is 1. The van der Waals surface area contributed by atoms with Crippen molar-refractivity contribution in [2.24, 2.45) is 5.92 Å². The van der Waals surface area contributed by atoms with Crippen LogP contribution in [-0.4, -0.2) is 52.4 Å². The summed E-state index contributed by atoms with van der Waals surface area (Å²) >= 11 is 0. The highest BCUT2D eigenvalue weighted by atomic mass is 19.1. The monoisotopic (exact) mass is 438 g/mol. The average molecular weight is 439 g/mol. The second-order valence-electron chi connectivity index (χ2n) is 9.02. The van der Waals surface area contributed by atoms with Gasteiger partial charge in [0.15, 0.2) is 5.82 Å². The number of anilines is 3. The quantitative estimate of drug-likeness (QED) is 0.746. The van der Waals surface area contributed by atoms with Gasteiger partial charge in [0, 0.05) is 31.7 Å². The van der Waals surface area contributed by atoms with E-state index in [1.165, 1.54) is 12.1 Å². The van der Waals surface area contributed by atoms with Gasteiger partial charge >= 0.3 is 0 Å². The number of aromatic nitrogens is 2. The van der Waals surface area contributed by atoms with Crippen LogP contribution in [0.1, 0.15) is 47.8 Å². The predicted octanol–water partition coefficient (Wildman–Crippen LogP) is 2.94. The molecule has 3 heterocycles. The molecule has 9 heteroatoms. The Hall–Kier alpha value is -3.23. The van der Waals surface area contributed by atoms with Crippen molar-refractivity contribution in [2.45, 2.75) is 51.7 Å². The first-order valence-corrected chi connectivity index (χ1v) is 11.1. The van der Waals surface area contributed by atoms with Gasteiger partial charge in [0.05, 0.1) is 5.69 Å². The first-order chi connectivity index (χ1) is 15.3. The van der Waals surface area contributed by atoms with Gasteiger partial charge in [-0.3, -0.25) is 9.59 Å². The fraction of sp³-hybridized carbons (Fsp3) is 0.478. The second-order valence-corrected chi connectivity index (χ2v) is 9.02. The lowest BCUT2D eigenvalue weighted by Crippen LogP contribution is -2.46. The summed E-state index contributed by atoms with van der Waals surface area (Å²) in [6, 6.07) is 4.37. The largest absolute Gasteiger partial charge is 0.351 e. The number of nitrogens with one attached hydrogen (secondary N) is 2. The van der Waals surface area contributed by atoms with E-state index in [1.54, 1.807) is 6.07 Å². The number of carbonyl (C=O) groups is 2. The topological polar surface area (TPSA) is 90.5 Å². The third-order valence-electron chi connectivity index (χ3n) is 6.80. The molecule has 5 rings (SSSR count). The minimum Gasteiger partial charge on any atom is -0.351 e. The summed E-state index contributed by atoms with van der Waals surface area (Å²) in [4.78, 5) is 37.8. The number of halogens is 1. The van der Waals surface area contributed by atoms with Crippen LogP contribution in [0.25, 0.3) is 0 Å². The van der Waals surface area contributed by atoms with Crippen LogP contribution < -0.4 is 15.5 Å². The van der Waals surface area contributed by atoms with Crippen molar-refractivity contribution in [3.8, 4) is 0 Å². The number of nitrogens with zero attached hydrogens (tertiary/aromatic N) is 4. The molecule has 0 saturated heterocycles. The molecule has 3 aliphatic rings. The fourth-order valence-corrected chi connectivity index (χ4v) is 5.01. The third kappa shape index (κ3) is 3.45. The molecule has 0 bridgehead atoms. The van der Waals surface area contributed by atoms with Crippen LogP contribution in [-0.2, 0) is 11.3 Å². The van der Waals surface area contributed by atoms with Crippen molar-refractivity contribution in [1.29, 1.82) is 0 Å². The predicted molar refractivity (Wildman–Crippen MR) is 119 cm³/mol. The van der Waals surface area contributed by atoms with Crippen molar-refractivity contribution in [1.82, 2.24) is 14.9 Å². The molecule has 2 N–H and O–H groups in total. The Morgan fingerprint density at radius 2 is 2.03 bits per heavy atom. The first kappa shape index (κ1) is 20.7. The second kappa shape index (κ2) is 7.72. The highest BCUT2D eigenvalue weighted by molar-refractivity contribution is 6.03. The van der Waals surface area contributed by atoms with Crippen molar-refractivity contribution in [3.63, 3.8) is 0 Å². The number of hydrogen-bond donors (Lipinski definition) is 2. The van der Waals surface area contributed by atoms with E-state index in [0.29, 0.717) is 42.6 Å². The van der Waals surface area contributed by atoms with Crippen molar-refractivity contribution < 1.29 is 14.0 Å². The van der Waals surface area contributed by atoms with Crippen molar-refractivity contribution in [3.05, 3.63) is 40.8 Å². The maximum atomic E-state index is 13.5. The zero-order valence-electron chi connectivity index (χ0n) is 18.5. The highest BCUT2D eigenvalue weighted by Gasteiger charge is 2.36. The van der Waals surface area contributed by atoms with Gasteiger partial charge < -0.3 is 20.4 Å². The Morgan fingerprint density at radius 1 is 1.25 bits per heavy atom. The molecule has 8 nitrogen and oxygen atoms in total. The molecule has 2 aromatic rings. The van der Waals surface area contributed by atoms with Gasteiger partial charge in [0.1, 0.15) is 17.5 Å². The summed E-state index contributed by atoms with van der Waals surface area (Å²) in [5.74, 6) is 1.33. The van der Waals surface area contributed by atoms with Gasteiger partial charge in [-0.25, -0.2) is 9.37 Å². The van der Waals surface area contributed by atoms with E-state index in [-0.39, 0.29) is 29.7 Å². The van der Waals surface area contributed by atoms with Crippen LogP contribution in [0.4, 0.5) is 21.8 Å². The van der Waals surface area contributed by atoms with E-state index in [2.05, 4.69) is 20.6 Å². The van der Waals surface area contributed by atoms with E-state index in [4.69, 9.17) is 0 Å². The minimum absolute atomic E-state index is 0.0133. The summed E-state index contributed by atoms with van der Waals surface area (Å²) < 4.78 is 13.5. The van der Waals surface area contributed by atoms with E-state index >= 15 is 0 Å². The number of hydrogen-bond acceptors (Lipinski definition) is 6. The number of amides is 2. The highest BCUT2D eigenvalue weighted by Crippen LogP contribution is 2.36. The van der Waals surface area contributed by atoms with Gasteiger partial charge in [-0.05, 0) is 55.9 Å². The standard InChI is InChI=1S/C23H27FN6O2/c1-4-18-21(31)27-19-12(2)25-23(28-20(19)29(18)3)26-16-7-13(8-16)10-30-11-14-9-15(24)5-6-17(14)22(30)32/h5-6,9,13,16,18H,4,7-8,10-11H2,1-3H3,(H,27,31)(H,25,26,28)/t13-,16+,18-/m0/s1. The molecule has 0 radical (unpaired) electrons. The minimum atomic E-state index is -0.304. The van der Waals surface area contributed by atoms with Crippen LogP contribution in [0, 0.1) is 18.7 Å². The smallest absolute Gasteiger partial charge is 0.254 e. The normalized spacial score (nSPS) is 24.1. The summed E-state index contributed by atoms with van der Waals surface area (Å²) in [5, 5.41) is 6.35. The van der Waals surface area contributed by atoms with Crippen LogP contribution >= 0.6 is 0 Å². The maximum Gasteiger partial charge on any atom is 0.254 e. The van der Waals surface area contributed by atoms with E-state index < -0.39 is 0 Å². The summed E-state index contributed by atoms with van der Waals surface area (Å²) in [6.07, 6.45) is 2.53. The zero-order valence-corrected chi connectivity index (χ0v) is 18.5. The van der Waals surface area contributed by atoms with Crippen LogP contribution in [0.15, 0.2) is 18.2 Å². The zero-order chi connectivity index (χ0) is 22.6. The number of carbonyl (C=O) groups excluding carboxylic acids is 2. The molecule has 32 heavy (non-hydrogen) atoms. The molecular weight excluding hydrogens is 411 g/mol. The average Bonchev–Trinajstić information content (AvgIpc) is 3.02. The lowest BCUT2D eigenvalue weighted by molar-refractivity contribution is -0.117. The lowest BCUT2D eigenvalue weighted by Gasteiger charge is -2.38. The molecule has 2 amide bonds. The Labute approximate surface area is 186 Å². The molecule has 0 spiro atoms. The Kier molecular flexibility index (Phi) is 4.98. The molecular formula is C23H27FN6O2. The SMILES string of the molecule is CC[C@H]1C(=O)Nc2c(C)nc(N[C@H]3C[C@@H](CN4Cc5cc(F)ccc5C4=O)C3)nc2N1C. The maximum absolute atomic E-state index is 13.5. The number of fused-ring (bicyclic) bond motifs is 2. The fourth-order valence-electron chi connectivity index (χ4n) is 5.01. The van der Waals surface area contributed by atoms with Crippen LogP contribution in [0.2, 0.25) is 0 Å². The van der Waals surface area contributed by atoms with Gasteiger partial charge in [-0.15, -0.1) is 0 Å². The van der Waals surface area contributed by atoms with Gasteiger partial charge in [0.2, 0.25) is 11.9 Å². The molecule has 2 aliphatic heterocycles. The molecule has 1 fully saturated rings. The number of likely N-dealkylation sites (N-methyl/N-ethyl adjacent to an activating group) is 1. The Balaban J connectivity index is 1.20.